The SMILES string of the molecule is Cc1ccc(C(C/C(=N\O)c2c[nH]c(=O)c(C)c2)c2ccc(-c3ccc(C(=O)O)cc3)cc2)cc1. The molecule has 0 radical (unpaired) electrons. The fraction of sp³-hybridized carbons (Fsp3) is 0.138. The van der Waals surface area contributed by atoms with Gasteiger partial charge in [-0.1, -0.05) is 71.4 Å². The van der Waals surface area contributed by atoms with Gasteiger partial charge < -0.3 is 15.3 Å². The van der Waals surface area contributed by atoms with E-state index in [1.165, 1.54) is 0 Å². The van der Waals surface area contributed by atoms with Crippen LogP contribution in [0.15, 0.2) is 95.0 Å². The van der Waals surface area contributed by atoms with Crippen molar-refractivity contribution in [3.05, 3.63) is 129 Å². The summed E-state index contributed by atoms with van der Waals surface area (Å²) in [6.45, 7) is 3.75. The topological polar surface area (TPSA) is 103 Å². The number of rotatable bonds is 7. The molecular formula is C29H26N2O4. The van der Waals surface area contributed by atoms with Gasteiger partial charge in [-0.3, -0.25) is 4.79 Å². The van der Waals surface area contributed by atoms with Crippen LogP contribution in [0.25, 0.3) is 11.1 Å². The lowest BCUT2D eigenvalue weighted by molar-refractivity contribution is 0.0697. The van der Waals surface area contributed by atoms with E-state index in [9.17, 15) is 14.8 Å². The molecule has 1 unspecified atom stereocenters. The molecule has 0 bridgehead atoms. The van der Waals surface area contributed by atoms with Crippen molar-refractivity contribution in [2.24, 2.45) is 5.16 Å². The molecule has 0 saturated heterocycles. The molecule has 0 amide bonds. The molecule has 6 heteroatoms. The van der Waals surface area contributed by atoms with Gasteiger partial charge in [0.1, 0.15) is 0 Å². The number of H-pyrrole nitrogens is 1. The summed E-state index contributed by atoms with van der Waals surface area (Å²) in [6.07, 6.45) is 2.00. The first-order chi connectivity index (χ1) is 16.9. The number of carboxylic acids is 1. The monoisotopic (exact) mass is 466 g/mol. The maximum Gasteiger partial charge on any atom is 0.335 e. The molecule has 35 heavy (non-hydrogen) atoms. The molecule has 4 aromatic rings. The number of carbonyl (C=O) groups is 1. The number of hydrogen-bond donors (Lipinski definition) is 3. The lowest BCUT2D eigenvalue weighted by Gasteiger charge is -2.20. The van der Waals surface area contributed by atoms with Gasteiger partial charge in [0, 0.05) is 29.7 Å². The fourth-order valence-corrected chi connectivity index (χ4v) is 4.11. The number of nitrogens with zero attached hydrogens (tertiary/aromatic N) is 1. The molecule has 6 nitrogen and oxygen atoms in total. The van der Waals surface area contributed by atoms with Gasteiger partial charge in [0.15, 0.2) is 0 Å². The Morgan fingerprint density at radius 2 is 1.40 bits per heavy atom. The first-order valence-corrected chi connectivity index (χ1v) is 11.3. The zero-order chi connectivity index (χ0) is 24.9. The Morgan fingerprint density at radius 1 is 0.857 bits per heavy atom. The van der Waals surface area contributed by atoms with Gasteiger partial charge >= 0.3 is 5.97 Å². The molecule has 1 atom stereocenters. The van der Waals surface area contributed by atoms with Crippen molar-refractivity contribution in [1.29, 1.82) is 0 Å². The Hall–Kier alpha value is -4.45. The average Bonchev–Trinajstić information content (AvgIpc) is 2.87. The number of aromatic nitrogens is 1. The minimum Gasteiger partial charge on any atom is -0.478 e. The van der Waals surface area contributed by atoms with Crippen LogP contribution in [-0.4, -0.2) is 27.0 Å². The molecule has 176 valence electrons. The van der Waals surface area contributed by atoms with Crippen LogP contribution in [0.2, 0.25) is 0 Å². The molecule has 0 aliphatic heterocycles. The highest BCUT2D eigenvalue weighted by Gasteiger charge is 2.19. The van der Waals surface area contributed by atoms with E-state index in [0.717, 1.165) is 27.8 Å². The van der Waals surface area contributed by atoms with E-state index in [4.69, 9.17) is 5.11 Å². The third kappa shape index (κ3) is 5.38. The second-order valence-corrected chi connectivity index (χ2v) is 8.62. The first kappa shape index (κ1) is 23.7. The predicted molar refractivity (Wildman–Crippen MR) is 137 cm³/mol. The molecule has 0 saturated carbocycles. The van der Waals surface area contributed by atoms with Gasteiger partial charge in [-0.2, -0.15) is 0 Å². The lowest BCUT2D eigenvalue weighted by atomic mass is 9.84. The normalized spacial score (nSPS) is 12.3. The summed E-state index contributed by atoms with van der Waals surface area (Å²) in [5.74, 6) is -1.04. The van der Waals surface area contributed by atoms with Crippen LogP contribution in [-0.2, 0) is 0 Å². The van der Waals surface area contributed by atoms with Crippen molar-refractivity contribution in [3.63, 3.8) is 0 Å². The van der Waals surface area contributed by atoms with Gasteiger partial charge in [0.05, 0.1) is 11.3 Å². The summed E-state index contributed by atoms with van der Waals surface area (Å²) in [5.41, 5.74) is 6.94. The number of oxime groups is 1. The number of aryl methyl sites for hydroxylation is 2. The van der Waals surface area contributed by atoms with Crippen LogP contribution in [0.5, 0.6) is 0 Å². The predicted octanol–water partition coefficient (Wildman–Crippen LogP) is 5.76. The summed E-state index contributed by atoms with van der Waals surface area (Å²) in [7, 11) is 0. The quantitative estimate of drug-likeness (QED) is 0.183. The molecule has 0 aliphatic rings. The standard InChI is InChI=1S/C29H26N2O4/c1-18-3-5-22(6-4-18)26(16-27(31-35)25-15-19(2)28(32)30-17-25)23-11-7-20(8-12-23)21-9-13-24(14-10-21)29(33)34/h3-15,17,26,35H,16H2,1-2H3,(H,30,32)(H,33,34)/b31-27+. The van der Waals surface area contributed by atoms with Crippen molar-refractivity contribution in [2.75, 3.05) is 0 Å². The smallest absolute Gasteiger partial charge is 0.335 e. The van der Waals surface area contributed by atoms with Crippen molar-refractivity contribution in [3.8, 4) is 11.1 Å². The van der Waals surface area contributed by atoms with Gasteiger partial charge in [0.25, 0.3) is 5.56 Å². The molecule has 4 rings (SSSR count). The van der Waals surface area contributed by atoms with Crippen molar-refractivity contribution >= 4 is 11.7 Å². The van der Waals surface area contributed by atoms with Crippen LogP contribution < -0.4 is 5.56 Å². The van der Waals surface area contributed by atoms with E-state index in [0.29, 0.717) is 23.3 Å². The zero-order valence-corrected chi connectivity index (χ0v) is 19.5. The number of carboxylic acid groups (broad SMARTS) is 1. The summed E-state index contributed by atoms with van der Waals surface area (Å²) >= 11 is 0. The first-order valence-electron chi connectivity index (χ1n) is 11.3. The maximum absolute atomic E-state index is 11.8. The molecule has 0 spiro atoms. The average molecular weight is 467 g/mol. The summed E-state index contributed by atoms with van der Waals surface area (Å²) in [4.78, 5) is 25.6. The minimum absolute atomic E-state index is 0.0860. The highest BCUT2D eigenvalue weighted by molar-refractivity contribution is 6.00. The van der Waals surface area contributed by atoms with Gasteiger partial charge in [-0.05, 0) is 54.3 Å². The third-order valence-corrected chi connectivity index (χ3v) is 6.20. The molecule has 1 aromatic heterocycles. The number of aromatic carboxylic acids is 1. The summed E-state index contributed by atoms with van der Waals surface area (Å²) < 4.78 is 0. The Morgan fingerprint density at radius 3 is 1.91 bits per heavy atom. The molecule has 1 heterocycles. The summed E-state index contributed by atoms with van der Waals surface area (Å²) in [5, 5.41) is 22.5. The van der Waals surface area contributed by atoms with Crippen LogP contribution in [0.1, 0.15) is 50.5 Å². The van der Waals surface area contributed by atoms with E-state index in [-0.39, 0.29) is 17.0 Å². The van der Waals surface area contributed by atoms with E-state index in [1.807, 2.05) is 31.2 Å². The van der Waals surface area contributed by atoms with Gasteiger partial charge in [-0.25, -0.2) is 4.79 Å². The van der Waals surface area contributed by atoms with E-state index >= 15 is 0 Å². The number of aromatic amines is 1. The lowest BCUT2D eigenvalue weighted by Crippen LogP contribution is -2.15. The number of benzene rings is 3. The number of hydrogen-bond acceptors (Lipinski definition) is 4. The number of pyridine rings is 1. The van der Waals surface area contributed by atoms with Crippen LogP contribution in [0.3, 0.4) is 0 Å². The molecule has 0 fully saturated rings. The highest BCUT2D eigenvalue weighted by atomic mass is 16.4. The third-order valence-electron chi connectivity index (χ3n) is 6.20. The highest BCUT2D eigenvalue weighted by Crippen LogP contribution is 2.32. The Bertz CT molecular complexity index is 1420. The van der Waals surface area contributed by atoms with Gasteiger partial charge in [0.2, 0.25) is 0 Å². The maximum atomic E-state index is 11.8. The Labute approximate surface area is 203 Å². The van der Waals surface area contributed by atoms with Crippen LogP contribution in [0.4, 0.5) is 0 Å². The summed E-state index contributed by atoms with van der Waals surface area (Å²) in [6, 6.07) is 24.9. The van der Waals surface area contributed by atoms with E-state index < -0.39 is 5.97 Å². The molecule has 3 N–H and O–H groups in total. The van der Waals surface area contributed by atoms with Gasteiger partial charge in [-0.15, -0.1) is 0 Å². The largest absolute Gasteiger partial charge is 0.478 e. The molecule has 0 aliphatic carbocycles. The molecular weight excluding hydrogens is 440 g/mol. The van der Waals surface area contributed by atoms with E-state index in [1.54, 1.807) is 43.5 Å². The number of nitrogens with one attached hydrogen (secondary N) is 1. The minimum atomic E-state index is -0.952. The second kappa shape index (κ2) is 10.2. The van der Waals surface area contributed by atoms with Crippen LogP contribution >= 0.6 is 0 Å². The fourth-order valence-electron chi connectivity index (χ4n) is 4.11. The Balaban J connectivity index is 1.68. The zero-order valence-electron chi connectivity index (χ0n) is 19.5. The second-order valence-electron chi connectivity index (χ2n) is 8.62. The van der Waals surface area contributed by atoms with Crippen molar-refractivity contribution in [2.45, 2.75) is 26.2 Å². The van der Waals surface area contributed by atoms with E-state index in [2.05, 4.69) is 34.4 Å². The Kier molecular flexibility index (Phi) is 6.92. The van der Waals surface area contributed by atoms with Crippen LogP contribution in [0, 0.1) is 13.8 Å². The van der Waals surface area contributed by atoms with Crippen molar-refractivity contribution in [1.82, 2.24) is 4.98 Å². The van der Waals surface area contributed by atoms with Crippen molar-refractivity contribution < 1.29 is 15.1 Å². The molecule has 3 aromatic carbocycles.